The molecule has 156 valence electrons. The summed E-state index contributed by atoms with van der Waals surface area (Å²) < 4.78 is 18.6. The summed E-state index contributed by atoms with van der Waals surface area (Å²) in [5, 5.41) is 7.68. The number of anilines is 1. The van der Waals surface area contributed by atoms with Crippen LogP contribution in [0.3, 0.4) is 0 Å². The number of urea groups is 1. The monoisotopic (exact) mass is 449 g/mol. The molecule has 1 N–H and O–H groups in total. The molecule has 0 atom stereocenters. The molecule has 0 saturated carbocycles. The second-order valence-electron chi connectivity index (χ2n) is 6.84. The van der Waals surface area contributed by atoms with Gasteiger partial charge in [-0.05, 0) is 36.4 Å². The van der Waals surface area contributed by atoms with Gasteiger partial charge in [0.25, 0.3) is 5.89 Å². The molecule has 2 amide bonds. The van der Waals surface area contributed by atoms with Gasteiger partial charge in [0.15, 0.2) is 5.82 Å². The van der Waals surface area contributed by atoms with Crippen molar-refractivity contribution in [3.63, 3.8) is 0 Å². The number of piperazine rings is 1. The molecule has 1 saturated heterocycles. The topological polar surface area (TPSA) is 74.5 Å². The number of nitrogens with zero attached hydrogens (tertiary/aromatic N) is 4. The van der Waals surface area contributed by atoms with E-state index >= 15 is 0 Å². The third-order valence-electron chi connectivity index (χ3n) is 4.74. The maximum absolute atomic E-state index is 13.4. The number of carbonyl (C=O) groups excluding carboxylic acids is 1. The number of halogens is 3. The summed E-state index contributed by atoms with van der Waals surface area (Å²) in [5.74, 6) is 0.434. The van der Waals surface area contributed by atoms with E-state index < -0.39 is 0 Å². The number of carbonyl (C=O) groups is 1. The highest BCUT2D eigenvalue weighted by atomic mass is 35.5. The van der Waals surface area contributed by atoms with Crippen molar-refractivity contribution in [2.24, 2.45) is 0 Å². The third-order valence-corrected chi connectivity index (χ3v) is 5.28. The highest BCUT2D eigenvalue weighted by Crippen LogP contribution is 2.26. The Labute approximate surface area is 182 Å². The first-order valence-corrected chi connectivity index (χ1v) is 10.1. The first-order chi connectivity index (χ1) is 14.5. The SMILES string of the molecule is O=C(Nc1ccc(Cl)cc1Cl)N1CCN(Cc2noc(-c3cccc(F)c3)n2)CC1. The summed E-state index contributed by atoms with van der Waals surface area (Å²) in [6.45, 7) is 2.89. The van der Waals surface area contributed by atoms with Gasteiger partial charge in [-0.3, -0.25) is 4.90 Å². The van der Waals surface area contributed by atoms with Gasteiger partial charge in [0.05, 0.1) is 17.3 Å². The Hall–Kier alpha value is -2.68. The minimum atomic E-state index is -0.360. The van der Waals surface area contributed by atoms with Gasteiger partial charge in [0.2, 0.25) is 0 Å². The van der Waals surface area contributed by atoms with Crippen molar-refractivity contribution in [1.29, 1.82) is 0 Å². The maximum atomic E-state index is 13.4. The molecule has 0 aliphatic carbocycles. The van der Waals surface area contributed by atoms with Gasteiger partial charge in [0, 0.05) is 36.8 Å². The predicted octanol–water partition coefficient (Wildman–Crippen LogP) is 4.53. The fourth-order valence-electron chi connectivity index (χ4n) is 3.15. The van der Waals surface area contributed by atoms with Crippen LogP contribution < -0.4 is 5.32 Å². The molecule has 1 aromatic heterocycles. The van der Waals surface area contributed by atoms with Crippen molar-refractivity contribution in [1.82, 2.24) is 19.9 Å². The molecule has 0 spiro atoms. The number of amides is 2. The van der Waals surface area contributed by atoms with Gasteiger partial charge in [0.1, 0.15) is 5.82 Å². The lowest BCUT2D eigenvalue weighted by Gasteiger charge is -2.34. The van der Waals surface area contributed by atoms with E-state index in [1.807, 2.05) is 0 Å². The average Bonchev–Trinajstić information content (AvgIpc) is 3.19. The minimum Gasteiger partial charge on any atom is -0.334 e. The van der Waals surface area contributed by atoms with Crippen LogP contribution in [-0.4, -0.2) is 52.2 Å². The normalized spacial score (nSPS) is 14.7. The molecule has 2 heterocycles. The van der Waals surface area contributed by atoms with Crippen molar-refractivity contribution >= 4 is 34.9 Å². The summed E-state index contributed by atoms with van der Waals surface area (Å²) in [6.07, 6.45) is 0. The fourth-order valence-corrected chi connectivity index (χ4v) is 3.61. The van der Waals surface area contributed by atoms with Crippen LogP contribution in [0.2, 0.25) is 10.0 Å². The Morgan fingerprint density at radius 1 is 1.13 bits per heavy atom. The number of hydrogen-bond acceptors (Lipinski definition) is 5. The van der Waals surface area contributed by atoms with Crippen molar-refractivity contribution < 1.29 is 13.7 Å². The van der Waals surface area contributed by atoms with E-state index in [-0.39, 0.29) is 17.7 Å². The molecule has 1 aliphatic rings. The van der Waals surface area contributed by atoms with Crippen LogP contribution in [0.1, 0.15) is 5.82 Å². The number of nitrogens with one attached hydrogen (secondary N) is 1. The van der Waals surface area contributed by atoms with Gasteiger partial charge in [-0.1, -0.05) is 34.4 Å². The van der Waals surface area contributed by atoms with E-state index in [1.54, 1.807) is 35.2 Å². The van der Waals surface area contributed by atoms with Crippen LogP contribution in [0, 0.1) is 5.82 Å². The number of rotatable bonds is 4. The zero-order chi connectivity index (χ0) is 21.1. The van der Waals surface area contributed by atoms with Crippen molar-refractivity contribution in [3.05, 3.63) is 64.2 Å². The Bertz CT molecular complexity index is 1050. The summed E-state index contributed by atoms with van der Waals surface area (Å²) in [7, 11) is 0. The third kappa shape index (κ3) is 4.89. The Kier molecular flexibility index (Phi) is 6.17. The summed E-state index contributed by atoms with van der Waals surface area (Å²) in [6, 6.07) is 10.7. The van der Waals surface area contributed by atoms with Gasteiger partial charge >= 0.3 is 6.03 Å². The maximum Gasteiger partial charge on any atom is 0.321 e. The van der Waals surface area contributed by atoms with Gasteiger partial charge in [-0.25, -0.2) is 9.18 Å². The van der Waals surface area contributed by atoms with E-state index in [0.29, 0.717) is 59.8 Å². The predicted molar refractivity (Wildman–Crippen MR) is 112 cm³/mol. The van der Waals surface area contributed by atoms with Crippen LogP contribution >= 0.6 is 23.2 Å². The number of benzene rings is 2. The second kappa shape index (κ2) is 8.99. The fraction of sp³-hybridized carbons (Fsp3) is 0.250. The van der Waals surface area contributed by atoms with Gasteiger partial charge in [-0.15, -0.1) is 0 Å². The van der Waals surface area contributed by atoms with E-state index in [9.17, 15) is 9.18 Å². The van der Waals surface area contributed by atoms with Crippen molar-refractivity contribution in [3.8, 4) is 11.5 Å². The highest BCUT2D eigenvalue weighted by Gasteiger charge is 2.23. The molecule has 0 radical (unpaired) electrons. The smallest absolute Gasteiger partial charge is 0.321 e. The lowest BCUT2D eigenvalue weighted by Crippen LogP contribution is -2.49. The number of aromatic nitrogens is 2. The largest absolute Gasteiger partial charge is 0.334 e. The minimum absolute atomic E-state index is 0.216. The molecule has 0 bridgehead atoms. The molecule has 4 rings (SSSR count). The van der Waals surface area contributed by atoms with Crippen molar-refractivity contribution in [2.75, 3.05) is 31.5 Å². The van der Waals surface area contributed by atoms with E-state index in [4.69, 9.17) is 27.7 Å². The Morgan fingerprint density at radius 3 is 2.67 bits per heavy atom. The molecule has 1 aliphatic heterocycles. The van der Waals surface area contributed by atoms with Crippen LogP contribution in [0.25, 0.3) is 11.5 Å². The van der Waals surface area contributed by atoms with Crippen molar-refractivity contribution in [2.45, 2.75) is 6.54 Å². The van der Waals surface area contributed by atoms with Crippen LogP contribution in [0.5, 0.6) is 0 Å². The Morgan fingerprint density at radius 2 is 1.93 bits per heavy atom. The van der Waals surface area contributed by atoms with Crippen LogP contribution in [0.15, 0.2) is 47.0 Å². The van der Waals surface area contributed by atoms with Crippen LogP contribution in [-0.2, 0) is 6.54 Å². The summed E-state index contributed by atoms with van der Waals surface area (Å²) >= 11 is 12.0. The molecule has 10 heteroatoms. The lowest BCUT2D eigenvalue weighted by molar-refractivity contribution is 0.140. The molecule has 7 nitrogen and oxygen atoms in total. The standard InChI is InChI=1S/C20H18Cl2FN5O2/c21-14-4-5-17(16(22)11-14)24-20(29)28-8-6-27(7-9-28)12-18-25-19(30-26-18)13-2-1-3-15(23)10-13/h1-5,10-11H,6-9,12H2,(H,24,29). The summed E-state index contributed by atoms with van der Waals surface area (Å²) in [4.78, 5) is 20.7. The summed E-state index contributed by atoms with van der Waals surface area (Å²) in [5.41, 5.74) is 1.06. The molecule has 3 aromatic rings. The molecular weight excluding hydrogens is 432 g/mol. The molecule has 1 fully saturated rings. The molecule has 30 heavy (non-hydrogen) atoms. The average molecular weight is 450 g/mol. The van der Waals surface area contributed by atoms with Crippen LogP contribution in [0.4, 0.5) is 14.9 Å². The first kappa shape index (κ1) is 20.6. The Balaban J connectivity index is 1.30. The van der Waals surface area contributed by atoms with Gasteiger partial charge < -0.3 is 14.7 Å². The van der Waals surface area contributed by atoms with E-state index in [2.05, 4.69) is 20.4 Å². The molecule has 2 aromatic carbocycles. The second-order valence-corrected chi connectivity index (χ2v) is 7.69. The van der Waals surface area contributed by atoms with E-state index in [1.165, 1.54) is 12.1 Å². The zero-order valence-electron chi connectivity index (χ0n) is 15.8. The first-order valence-electron chi connectivity index (χ1n) is 9.30. The lowest BCUT2D eigenvalue weighted by atomic mass is 10.2. The highest BCUT2D eigenvalue weighted by molar-refractivity contribution is 6.36. The quantitative estimate of drug-likeness (QED) is 0.632. The van der Waals surface area contributed by atoms with E-state index in [0.717, 1.165) is 0 Å². The molecular formula is C20H18Cl2FN5O2. The van der Waals surface area contributed by atoms with Gasteiger partial charge in [-0.2, -0.15) is 4.98 Å². The molecule has 0 unspecified atom stereocenters. The zero-order valence-corrected chi connectivity index (χ0v) is 17.3. The number of hydrogen-bond donors (Lipinski definition) is 1.